The standard InChI is InChI=1S/C13H17ClN4O/c1-4-19-12-6-5-10(7-16-12)15-8-11-9(2)17-18(3)13(11)14/h5-7,15H,4,8H2,1-3H3. The molecule has 0 spiro atoms. The SMILES string of the molecule is CCOc1ccc(NCc2c(C)nn(C)c2Cl)cn1. The minimum atomic E-state index is 0.615. The lowest BCUT2D eigenvalue weighted by Crippen LogP contribution is -2.02. The first-order valence-electron chi connectivity index (χ1n) is 6.12. The van der Waals surface area contributed by atoms with Crippen molar-refractivity contribution in [1.29, 1.82) is 0 Å². The van der Waals surface area contributed by atoms with Crippen molar-refractivity contribution in [3.8, 4) is 5.88 Å². The van der Waals surface area contributed by atoms with Gasteiger partial charge < -0.3 is 10.1 Å². The summed E-state index contributed by atoms with van der Waals surface area (Å²) in [7, 11) is 1.83. The summed E-state index contributed by atoms with van der Waals surface area (Å²) in [5, 5.41) is 8.20. The zero-order chi connectivity index (χ0) is 13.8. The smallest absolute Gasteiger partial charge is 0.213 e. The first kappa shape index (κ1) is 13.7. The van der Waals surface area contributed by atoms with Gasteiger partial charge in [0, 0.05) is 25.2 Å². The van der Waals surface area contributed by atoms with Crippen LogP contribution in [0.15, 0.2) is 18.3 Å². The van der Waals surface area contributed by atoms with E-state index in [1.807, 2.05) is 33.0 Å². The Morgan fingerprint density at radius 3 is 2.74 bits per heavy atom. The normalized spacial score (nSPS) is 10.5. The van der Waals surface area contributed by atoms with Gasteiger partial charge in [-0.1, -0.05) is 11.6 Å². The second-order valence-electron chi connectivity index (χ2n) is 4.15. The van der Waals surface area contributed by atoms with Crippen LogP contribution in [0.2, 0.25) is 5.15 Å². The maximum absolute atomic E-state index is 6.17. The van der Waals surface area contributed by atoms with Gasteiger partial charge in [0.1, 0.15) is 5.15 Å². The molecule has 0 unspecified atom stereocenters. The summed E-state index contributed by atoms with van der Waals surface area (Å²) in [6.45, 7) is 5.11. The van der Waals surface area contributed by atoms with Gasteiger partial charge in [0.15, 0.2) is 0 Å². The Kier molecular flexibility index (Phi) is 4.27. The zero-order valence-corrected chi connectivity index (χ0v) is 12.0. The number of aryl methyl sites for hydroxylation is 2. The summed E-state index contributed by atoms with van der Waals surface area (Å²) in [5.74, 6) is 0.628. The number of hydrogen-bond acceptors (Lipinski definition) is 4. The van der Waals surface area contributed by atoms with Crippen LogP contribution < -0.4 is 10.1 Å². The van der Waals surface area contributed by atoms with E-state index in [0.29, 0.717) is 24.2 Å². The monoisotopic (exact) mass is 280 g/mol. The second kappa shape index (κ2) is 5.93. The van der Waals surface area contributed by atoms with Crippen LogP contribution in [-0.4, -0.2) is 21.4 Å². The fourth-order valence-corrected chi connectivity index (χ4v) is 2.02. The molecule has 0 saturated heterocycles. The van der Waals surface area contributed by atoms with Gasteiger partial charge in [-0.3, -0.25) is 4.68 Å². The zero-order valence-electron chi connectivity index (χ0n) is 11.3. The van der Waals surface area contributed by atoms with Crippen LogP contribution >= 0.6 is 11.6 Å². The third-order valence-electron chi connectivity index (χ3n) is 2.77. The average molecular weight is 281 g/mol. The molecule has 0 radical (unpaired) electrons. The highest BCUT2D eigenvalue weighted by molar-refractivity contribution is 6.30. The van der Waals surface area contributed by atoms with Crippen LogP contribution in [0.5, 0.6) is 5.88 Å². The Balaban J connectivity index is 2.02. The van der Waals surface area contributed by atoms with Crippen molar-refractivity contribution in [2.45, 2.75) is 20.4 Å². The average Bonchev–Trinajstić information content (AvgIpc) is 2.64. The van der Waals surface area contributed by atoms with Crippen LogP contribution in [0.4, 0.5) is 5.69 Å². The Morgan fingerprint density at radius 2 is 2.21 bits per heavy atom. The van der Waals surface area contributed by atoms with E-state index in [4.69, 9.17) is 16.3 Å². The molecule has 0 saturated carbocycles. The Morgan fingerprint density at radius 1 is 1.42 bits per heavy atom. The molecule has 2 heterocycles. The third kappa shape index (κ3) is 3.17. The van der Waals surface area contributed by atoms with Gasteiger partial charge >= 0.3 is 0 Å². The van der Waals surface area contributed by atoms with E-state index in [2.05, 4.69) is 15.4 Å². The van der Waals surface area contributed by atoms with Gasteiger partial charge in [-0.2, -0.15) is 5.10 Å². The number of halogens is 1. The van der Waals surface area contributed by atoms with Crippen LogP contribution in [0.1, 0.15) is 18.2 Å². The molecule has 5 nitrogen and oxygen atoms in total. The molecule has 0 aliphatic rings. The van der Waals surface area contributed by atoms with Gasteiger partial charge in [0.2, 0.25) is 5.88 Å². The molecule has 0 bridgehead atoms. The van der Waals surface area contributed by atoms with Crippen LogP contribution in [0.3, 0.4) is 0 Å². The van der Waals surface area contributed by atoms with Crippen molar-refractivity contribution in [3.05, 3.63) is 34.7 Å². The number of pyridine rings is 1. The van der Waals surface area contributed by atoms with Gasteiger partial charge in [-0.15, -0.1) is 0 Å². The van der Waals surface area contributed by atoms with E-state index in [1.165, 1.54) is 0 Å². The molecular formula is C13H17ClN4O. The molecule has 19 heavy (non-hydrogen) atoms. The van der Waals surface area contributed by atoms with Gasteiger partial charge in [-0.05, 0) is 19.9 Å². The minimum Gasteiger partial charge on any atom is -0.478 e. The molecule has 0 amide bonds. The van der Waals surface area contributed by atoms with Gasteiger partial charge in [0.25, 0.3) is 0 Å². The molecule has 1 N–H and O–H groups in total. The second-order valence-corrected chi connectivity index (χ2v) is 4.51. The predicted molar refractivity (Wildman–Crippen MR) is 75.7 cm³/mol. The number of nitrogens with zero attached hydrogens (tertiary/aromatic N) is 3. The summed E-state index contributed by atoms with van der Waals surface area (Å²) in [6, 6.07) is 3.77. The number of nitrogens with one attached hydrogen (secondary N) is 1. The maximum Gasteiger partial charge on any atom is 0.213 e. The summed E-state index contributed by atoms with van der Waals surface area (Å²) < 4.78 is 6.96. The van der Waals surface area contributed by atoms with Crippen molar-refractivity contribution in [2.75, 3.05) is 11.9 Å². The van der Waals surface area contributed by atoms with Gasteiger partial charge in [-0.25, -0.2) is 4.98 Å². The lowest BCUT2D eigenvalue weighted by atomic mass is 10.2. The topological polar surface area (TPSA) is 52.0 Å². The van der Waals surface area contributed by atoms with Crippen molar-refractivity contribution >= 4 is 17.3 Å². The van der Waals surface area contributed by atoms with E-state index in [9.17, 15) is 0 Å². The van der Waals surface area contributed by atoms with Crippen molar-refractivity contribution < 1.29 is 4.74 Å². The van der Waals surface area contributed by atoms with E-state index in [1.54, 1.807) is 10.9 Å². The van der Waals surface area contributed by atoms with Crippen molar-refractivity contribution in [1.82, 2.24) is 14.8 Å². The molecule has 102 valence electrons. The molecule has 0 aliphatic carbocycles. The molecule has 6 heteroatoms. The molecule has 0 aromatic carbocycles. The Hall–Kier alpha value is -1.75. The fourth-order valence-electron chi connectivity index (χ4n) is 1.78. The third-order valence-corrected chi connectivity index (χ3v) is 3.24. The highest BCUT2D eigenvalue weighted by Crippen LogP contribution is 2.20. The number of hydrogen-bond donors (Lipinski definition) is 1. The highest BCUT2D eigenvalue weighted by atomic mass is 35.5. The molecule has 2 aromatic heterocycles. The fraction of sp³-hybridized carbons (Fsp3) is 0.385. The Labute approximate surface area is 117 Å². The molecule has 2 aromatic rings. The molecular weight excluding hydrogens is 264 g/mol. The summed E-state index contributed by atoms with van der Waals surface area (Å²) >= 11 is 6.17. The predicted octanol–water partition coefficient (Wildman–Crippen LogP) is 2.79. The number of aromatic nitrogens is 3. The van der Waals surface area contributed by atoms with E-state index in [0.717, 1.165) is 16.9 Å². The first-order chi connectivity index (χ1) is 9.11. The summed E-state index contributed by atoms with van der Waals surface area (Å²) in [6.07, 6.45) is 1.74. The first-order valence-corrected chi connectivity index (χ1v) is 6.50. The van der Waals surface area contributed by atoms with Gasteiger partial charge in [0.05, 0.1) is 24.2 Å². The van der Waals surface area contributed by atoms with E-state index in [-0.39, 0.29) is 0 Å². The van der Waals surface area contributed by atoms with Crippen molar-refractivity contribution in [2.24, 2.45) is 7.05 Å². The minimum absolute atomic E-state index is 0.615. The summed E-state index contributed by atoms with van der Waals surface area (Å²) in [5.41, 5.74) is 2.85. The molecule has 0 aliphatic heterocycles. The molecule has 0 atom stereocenters. The number of ether oxygens (including phenoxy) is 1. The quantitative estimate of drug-likeness (QED) is 0.915. The van der Waals surface area contributed by atoms with Crippen LogP contribution in [-0.2, 0) is 13.6 Å². The number of rotatable bonds is 5. The van der Waals surface area contributed by atoms with E-state index >= 15 is 0 Å². The highest BCUT2D eigenvalue weighted by Gasteiger charge is 2.10. The molecule has 0 fully saturated rings. The van der Waals surface area contributed by atoms with Crippen molar-refractivity contribution in [3.63, 3.8) is 0 Å². The van der Waals surface area contributed by atoms with Crippen LogP contribution in [0, 0.1) is 6.92 Å². The lowest BCUT2D eigenvalue weighted by molar-refractivity contribution is 0.327. The summed E-state index contributed by atoms with van der Waals surface area (Å²) in [4.78, 5) is 4.19. The van der Waals surface area contributed by atoms with Crippen LogP contribution in [0.25, 0.3) is 0 Å². The lowest BCUT2D eigenvalue weighted by Gasteiger charge is -2.07. The number of anilines is 1. The Bertz CT molecular complexity index is 551. The largest absolute Gasteiger partial charge is 0.478 e. The molecule has 2 rings (SSSR count). The maximum atomic E-state index is 6.17. The van der Waals surface area contributed by atoms with E-state index < -0.39 is 0 Å².